The molecule has 1 heterocycles. The number of allylic oxidation sites excluding steroid dienone is 1. The minimum absolute atomic E-state index is 0.807. The number of nitrogens with zero attached hydrogens (tertiary/aromatic N) is 1. The third-order valence-corrected chi connectivity index (χ3v) is 4.18. The molecule has 2 heteroatoms. The summed E-state index contributed by atoms with van der Waals surface area (Å²) >= 11 is 5.93. The first-order valence-corrected chi connectivity index (χ1v) is 7.20. The van der Waals surface area contributed by atoms with E-state index < -0.39 is 0 Å². The lowest BCUT2D eigenvalue weighted by atomic mass is 9.84. The summed E-state index contributed by atoms with van der Waals surface area (Å²) in [7, 11) is 0. The van der Waals surface area contributed by atoms with Gasteiger partial charge in [0.1, 0.15) is 0 Å². The van der Waals surface area contributed by atoms with Crippen LogP contribution in [0.1, 0.15) is 37.7 Å². The van der Waals surface area contributed by atoms with Gasteiger partial charge >= 0.3 is 0 Å². The lowest BCUT2D eigenvalue weighted by molar-refractivity contribution is 0.653. The number of aliphatic imine (C=N–C) groups is 1. The highest BCUT2D eigenvalue weighted by Crippen LogP contribution is 2.31. The van der Waals surface area contributed by atoms with Crippen molar-refractivity contribution >= 4 is 17.3 Å². The van der Waals surface area contributed by atoms with Crippen LogP contribution >= 0.6 is 11.6 Å². The van der Waals surface area contributed by atoms with Crippen LogP contribution in [0.4, 0.5) is 0 Å². The molecular weight excluding hydrogens is 242 g/mol. The number of hydrogen-bond donors (Lipinski definition) is 0. The molecule has 0 N–H and O–H groups in total. The zero-order valence-corrected chi connectivity index (χ0v) is 11.3. The number of rotatable bonds is 2. The summed E-state index contributed by atoms with van der Waals surface area (Å²) < 4.78 is 0. The fourth-order valence-corrected chi connectivity index (χ4v) is 3.10. The van der Waals surface area contributed by atoms with Crippen molar-refractivity contribution in [3.8, 4) is 0 Å². The zero-order valence-electron chi connectivity index (χ0n) is 10.6. The maximum Gasteiger partial charge on any atom is 0.0430 e. The quantitative estimate of drug-likeness (QED) is 0.736. The normalized spacial score (nSPS) is 19.5. The Morgan fingerprint density at radius 2 is 1.78 bits per heavy atom. The topological polar surface area (TPSA) is 12.4 Å². The summed E-state index contributed by atoms with van der Waals surface area (Å²) in [6.07, 6.45) is 7.40. The van der Waals surface area contributed by atoms with Crippen LogP contribution in [-0.4, -0.2) is 12.3 Å². The summed E-state index contributed by atoms with van der Waals surface area (Å²) in [5.74, 6) is 0. The van der Waals surface area contributed by atoms with Crippen LogP contribution in [0.2, 0.25) is 5.02 Å². The molecule has 1 nitrogen and oxygen atoms in total. The predicted molar refractivity (Wildman–Crippen MR) is 77.6 cm³/mol. The number of hydrogen-bond acceptors (Lipinski definition) is 1. The Morgan fingerprint density at radius 3 is 2.61 bits per heavy atom. The van der Waals surface area contributed by atoms with Gasteiger partial charge in [-0.1, -0.05) is 29.3 Å². The van der Waals surface area contributed by atoms with Crippen molar-refractivity contribution in [1.82, 2.24) is 0 Å². The molecule has 1 aliphatic heterocycles. The van der Waals surface area contributed by atoms with E-state index in [2.05, 4.69) is 12.1 Å². The lowest BCUT2D eigenvalue weighted by Gasteiger charge is -2.25. The van der Waals surface area contributed by atoms with Crippen LogP contribution in [0.3, 0.4) is 0 Å². The van der Waals surface area contributed by atoms with Gasteiger partial charge in [0.2, 0.25) is 0 Å². The molecule has 0 unspecified atom stereocenters. The van der Waals surface area contributed by atoms with Crippen molar-refractivity contribution < 1.29 is 0 Å². The Morgan fingerprint density at radius 1 is 1.00 bits per heavy atom. The minimum atomic E-state index is 0.807. The van der Waals surface area contributed by atoms with Gasteiger partial charge in [0.25, 0.3) is 0 Å². The first kappa shape index (κ1) is 12.0. The van der Waals surface area contributed by atoms with Gasteiger partial charge in [0.15, 0.2) is 0 Å². The fraction of sp³-hybridized carbons (Fsp3) is 0.438. The largest absolute Gasteiger partial charge is 0.289 e. The summed E-state index contributed by atoms with van der Waals surface area (Å²) in [6, 6.07) is 8.16. The molecule has 0 bridgehead atoms. The summed E-state index contributed by atoms with van der Waals surface area (Å²) in [5, 5.41) is 0.807. The second kappa shape index (κ2) is 5.27. The van der Waals surface area contributed by atoms with Crippen molar-refractivity contribution in [2.75, 3.05) is 6.54 Å². The van der Waals surface area contributed by atoms with Crippen LogP contribution in [0, 0.1) is 0 Å². The standard InChI is InChI=1S/C16H18ClN/c17-14-7-5-12(6-8-14)11-16-15-4-2-1-3-13(15)9-10-18-16/h5-8H,1-4,9-11H2. The second-order valence-corrected chi connectivity index (χ2v) is 5.61. The average Bonchev–Trinajstić information content (AvgIpc) is 2.42. The van der Waals surface area contributed by atoms with Gasteiger partial charge in [0, 0.05) is 23.7 Å². The third kappa shape index (κ3) is 2.51. The van der Waals surface area contributed by atoms with Crippen LogP contribution in [0.15, 0.2) is 40.4 Å². The number of halogens is 1. The molecule has 0 radical (unpaired) electrons. The average molecular weight is 260 g/mol. The third-order valence-electron chi connectivity index (χ3n) is 3.93. The summed E-state index contributed by atoms with van der Waals surface area (Å²) in [5.41, 5.74) is 5.90. The molecule has 0 spiro atoms. The molecule has 0 fully saturated rings. The first-order chi connectivity index (χ1) is 8.83. The smallest absolute Gasteiger partial charge is 0.0430 e. The van der Waals surface area contributed by atoms with Gasteiger partial charge in [-0.2, -0.15) is 0 Å². The van der Waals surface area contributed by atoms with Crippen molar-refractivity contribution in [2.24, 2.45) is 4.99 Å². The van der Waals surface area contributed by atoms with Gasteiger partial charge in [-0.3, -0.25) is 4.99 Å². The van der Waals surface area contributed by atoms with Gasteiger partial charge in [-0.05, 0) is 55.4 Å². The van der Waals surface area contributed by atoms with E-state index in [0.717, 1.165) is 18.0 Å². The number of benzene rings is 1. The van der Waals surface area contributed by atoms with Gasteiger partial charge in [-0.15, -0.1) is 0 Å². The maximum atomic E-state index is 5.93. The molecule has 3 rings (SSSR count). The molecule has 0 aromatic heterocycles. The van der Waals surface area contributed by atoms with Crippen molar-refractivity contribution in [3.63, 3.8) is 0 Å². The van der Waals surface area contributed by atoms with Crippen LogP contribution in [0.25, 0.3) is 0 Å². The Kier molecular flexibility index (Phi) is 3.51. The van der Waals surface area contributed by atoms with E-state index in [4.69, 9.17) is 16.6 Å². The second-order valence-electron chi connectivity index (χ2n) is 5.17. The molecule has 1 aliphatic carbocycles. The van der Waals surface area contributed by atoms with E-state index in [-0.39, 0.29) is 0 Å². The SMILES string of the molecule is Clc1ccc(CC2=NCCC3=C2CCCC3)cc1. The van der Waals surface area contributed by atoms with E-state index in [0.29, 0.717) is 0 Å². The van der Waals surface area contributed by atoms with Crippen LogP contribution < -0.4 is 0 Å². The molecule has 1 aromatic rings. The van der Waals surface area contributed by atoms with E-state index in [1.165, 1.54) is 43.4 Å². The van der Waals surface area contributed by atoms with E-state index in [9.17, 15) is 0 Å². The Labute approximate surface area is 114 Å². The molecule has 2 aliphatic rings. The number of dihydropyridines is 1. The van der Waals surface area contributed by atoms with Gasteiger partial charge in [0.05, 0.1) is 0 Å². The lowest BCUT2D eigenvalue weighted by Crippen LogP contribution is -2.18. The molecular formula is C16H18ClN. The molecule has 0 amide bonds. The van der Waals surface area contributed by atoms with E-state index in [1.54, 1.807) is 11.1 Å². The van der Waals surface area contributed by atoms with Crippen molar-refractivity contribution in [2.45, 2.75) is 38.5 Å². The van der Waals surface area contributed by atoms with Crippen LogP contribution in [0.5, 0.6) is 0 Å². The Balaban J connectivity index is 1.81. The first-order valence-electron chi connectivity index (χ1n) is 6.82. The minimum Gasteiger partial charge on any atom is -0.289 e. The fourth-order valence-electron chi connectivity index (χ4n) is 2.97. The highest BCUT2D eigenvalue weighted by atomic mass is 35.5. The zero-order chi connectivity index (χ0) is 12.4. The van der Waals surface area contributed by atoms with E-state index >= 15 is 0 Å². The Bertz CT molecular complexity index is 496. The maximum absolute atomic E-state index is 5.93. The monoisotopic (exact) mass is 259 g/mol. The highest BCUT2D eigenvalue weighted by Gasteiger charge is 2.20. The Hall–Kier alpha value is -1.08. The van der Waals surface area contributed by atoms with Gasteiger partial charge in [-0.25, -0.2) is 0 Å². The predicted octanol–water partition coefficient (Wildman–Crippen LogP) is 4.60. The molecule has 0 saturated heterocycles. The molecule has 0 atom stereocenters. The summed E-state index contributed by atoms with van der Waals surface area (Å²) in [6.45, 7) is 0.988. The van der Waals surface area contributed by atoms with Gasteiger partial charge < -0.3 is 0 Å². The molecule has 94 valence electrons. The van der Waals surface area contributed by atoms with Crippen LogP contribution in [-0.2, 0) is 6.42 Å². The summed E-state index contributed by atoms with van der Waals surface area (Å²) in [4.78, 5) is 4.76. The molecule has 1 aromatic carbocycles. The molecule has 0 saturated carbocycles. The van der Waals surface area contributed by atoms with E-state index in [1.807, 2.05) is 12.1 Å². The van der Waals surface area contributed by atoms with Crippen molar-refractivity contribution in [3.05, 3.63) is 46.0 Å². The molecule has 18 heavy (non-hydrogen) atoms. The highest BCUT2D eigenvalue weighted by molar-refractivity contribution is 6.30. The van der Waals surface area contributed by atoms with Crippen molar-refractivity contribution in [1.29, 1.82) is 0 Å².